The summed E-state index contributed by atoms with van der Waals surface area (Å²) < 4.78 is 0. The second kappa shape index (κ2) is 8.67. The lowest BCUT2D eigenvalue weighted by molar-refractivity contribution is -0.114. The molecule has 0 aromatic heterocycles. The number of carbonyl (C=O) groups is 1. The Hall–Kier alpha value is -2.31. The Labute approximate surface area is 211 Å². The molecule has 0 spiro atoms. The number of ketones is 1. The van der Waals surface area contributed by atoms with Crippen molar-refractivity contribution in [3.05, 3.63) is 52.6 Å². The van der Waals surface area contributed by atoms with E-state index in [-0.39, 0.29) is 5.41 Å². The van der Waals surface area contributed by atoms with Crippen LogP contribution in [-0.2, 0) is 4.79 Å². The average Bonchev–Trinajstić information content (AvgIpc) is 3.14. The van der Waals surface area contributed by atoms with Gasteiger partial charge in [-0.25, -0.2) is 0 Å². The van der Waals surface area contributed by atoms with Crippen molar-refractivity contribution in [2.24, 2.45) is 23.0 Å². The second-order valence-electron chi connectivity index (χ2n) is 12.0. The summed E-state index contributed by atoms with van der Waals surface area (Å²) in [6, 6.07) is 9.51. The molecular formula is C32H40N2O. The lowest BCUT2D eigenvalue weighted by Crippen LogP contribution is -2.55. The molecule has 0 bridgehead atoms. The van der Waals surface area contributed by atoms with Crippen molar-refractivity contribution < 1.29 is 4.79 Å². The van der Waals surface area contributed by atoms with E-state index in [1.807, 2.05) is 13.0 Å². The highest BCUT2D eigenvalue weighted by molar-refractivity contribution is 5.93. The first kappa shape index (κ1) is 23.1. The van der Waals surface area contributed by atoms with Gasteiger partial charge in [-0.2, -0.15) is 0 Å². The van der Waals surface area contributed by atoms with Crippen LogP contribution in [-0.4, -0.2) is 24.4 Å². The third-order valence-electron chi connectivity index (χ3n) is 10.4. The van der Waals surface area contributed by atoms with Crippen LogP contribution in [0.25, 0.3) is 0 Å². The lowest BCUT2D eigenvalue weighted by atomic mass is 9.51. The number of hydrogen-bond donors (Lipinski definition) is 1. The molecule has 0 radical (unpaired) electrons. The van der Waals surface area contributed by atoms with Gasteiger partial charge in [0.25, 0.3) is 0 Å². The van der Waals surface area contributed by atoms with Crippen LogP contribution >= 0.6 is 0 Å². The second-order valence-corrected chi connectivity index (χ2v) is 12.0. The van der Waals surface area contributed by atoms with Gasteiger partial charge in [-0.1, -0.05) is 30.6 Å². The molecular weight excluding hydrogens is 428 g/mol. The molecule has 6 rings (SSSR count). The first-order valence-corrected chi connectivity index (χ1v) is 14.0. The maximum Gasteiger partial charge on any atom is 0.156 e. The number of piperidine rings is 1. The summed E-state index contributed by atoms with van der Waals surface area (Å²) in [7, 11) is 0. The van der Waals surface area contributed by atoms with Gasteiger partial charge in [0.05, 0.1) is 5.54 Å². The van der Waals surface area contributed by atoms with Gasteiger partial charge < -0.3 is 10.6 Å². The predicted octanol–water partition coefficient (Wildman–Crippen LogP) is 6.30. The molecule has 184 valence electrons. The first-order valence-electron chi connectivity index (χ1n) is 14.0. The fourth-order valence-electron chi connectivity index (χ4n) is 8.52. The highest BCUT2D eigenvalue weighted by atomic mass is 16.1. The SMILES string of the molecule is CC#CC1(N)CC[C@H]2[C@@H]3CCC4=CC(=O)CCC4=C3C(c3ccc(N4CCCCC4)cc3)C[C@@]21C. The molecule has 3 heteroatoms. The maximum atomic E-state index is 12.3. The van der Waals surface area contributed by atoms with Gasteiger partial charge in [0.1, 0.15) is 0 Å². The Morgan fingerprint density at radius 1 is 1.03 bits per heavy atom. The molecule has 2 unspecified atom stereocenters. The van der Waals surface area contributed by atoms with Gasteiger partial charge >= 0.3 is 0 Å². The van der Waals surface area contributed by atoms with Gasteiger partial charge in [-0.15, -0.1) is 5.92 Å². The van der Waals surface area contributed by atoms with Crippen molar-refractivity contribution in [3.8, 4) is 11.8 Å². The molecule has 35 heavy (non-hydrogen) atoms. The Morgan fingerprint density at radius 2 is 1.80 bits per heavy atom. The zero-order chi connectivity index (χ0) is 24.2. The van der Waals surface area contributed by atoms with Crippen LogP contribution in [0.4, 0.5) is 5.69 Å². The summed E-state index contributed by atoms with van der Waals surface area (Å²) in [4.78, 5) is 14.8. The zero-order valence-corrected chi connectivity index (χ0v) is 21.5. The van der Waals surface area contributed by atoms with E-state index in [1.54, 1.807) is 5.57 Å². The van der Waals surface area contributed by atoms with E-state index in [2.05, 4.69) is 47.9 Å². The molecule has 4 aliphatic carbocycles. The minimum Gasteiger partial charge on any atom is -0.372 e. The topological polar surface area (TPSA) is 46.3 Å². The van der Waals surface area contributed by atoms with Crippen LogP contribution in [0.2, 0.25) is 0 Å². The largest absolute Gasteiger partial charge is 0.372 e. The molecule has 1 saturated heterocycles. The Balaban J connectivity index is 1.44. The Kier molecular flexibility index (Phi) is 5.72. The number of benzene rings is 1. The summed E-state index contributed by atoms with van der Waals surface area (Å²) in [6.07, 6.45) is 12.9. The van der Waals surface area contributed by atoms with Crippen LogP contribution < -0.4 is 10.6 Å². The molecule has 5 atom stereocenters. The van der Waals surface area contributed by atoms with Crippen molar-refractivity contribution in [1.82, 2.24) is 0 Å². The van der Waals surface area contributed by atoms with Crippen LogP contribution in [0.3, 0.4) is 0 Å². The zero-order valence-electron chi connectivity index (χ0n) is 21.5. The molecule has 1 aliphatic heterocycles. The van der Waals surface area contributed by atoms with Crippen molar-refractivity contribution in [1.29, 1.82) is 0 Å². The number of allylic oxidation sites excluding steroid dienone is 4. The Morgan fingerprint density at radius 3 is 2.54 bits per heavy atom. The van der Waals surface area contributed by atoms with Crippen molar-refractivity contribution >= 4 is 11.5 Å². The predicted molar refractivity (Wildman–Crippen MR) is 143 cm³/mol. The normalized spacial score (nSPS) is 36.5. The molecule has 2 saturated carbocycles. The summed E-state index contributed by atoms with van der Waals surface area (Å²) in [5.41, 5.74) is 14.0. The Bertz CT molecular complexity index is 1140. The first-order chi connectivity index (χ1) is 16.9. The maximum absolute atomic E-state index is 12.3. The average molecular weight is 469 g/mol. The van der Waals surface area contributed by atoms with Crippen LogP contribution in [0, 0.1) is 29.1 Å². The fourth-order valence-corrected chi connectivity index (χ4v) is 8.52. The lowest BCUT2D eigenvalue weighted by Gasteiger charge is -2.54. The molecule has 3 nitrogen and oxygen atoms in total. The standard InChI is InChI=1S/C32H40N2O/c1-3-16-32(33)17-15-29-27-13-9-23-20-25(35)12-14-26(23)30(27)28(21-31(29,32)2)22-7-10-24(11-8-22)34-18-5-4-6-19-34/h7-8,10-11,20,27-29H,4-6,9,12-15,17-19,21,33H2,1-2H3/t27-,28?,29-,31-,32?/m0/s1. The third kappa shape index (κ3) is 3.63. The van der Waals surface area contributed by atoms with E-state index in [0.717, 1.165) is 32.1 Å². The molecule has 5 aliphatic rings. The minimum atomic E-state index is -0.409. The molecule has 1 aromatic rings. The number of rotatable bonds is 2. The van der Waals surface area contributed by atoms with E-state index in [1.165, 1.54) is 61.2 Å². The number of nitrogens with two attached hydrogens (primary N) is 1. The highest BCUT2D eigenvalue weighted by Crippen LogP contribution is 2.66. The van der Waals surface area contributed by atoms with Gasteiger partial charge in [0.15, 0.2) is 5.78 Å². The molecule has 1 aromatic carbocycles. The molecule has 3 fully saturated rings. The molecule has 0 amide bonds. The summed E-state index contributed by atoms with van der Waals surface area (Å²) in [5.74, 6) is 8.50. The van der Waals surface area contributed by atoms with Gasteiger partial charge in [0.2, 0.25) is 0 Å². The highest BCUT2D eigenvalue weighted by Gasteiger charge is 2.61. The number of carbonyl (C=O) groups excluding carboxylic acids is 1. The summed E-state index contributed by atoms with van der Waals surface area (Å²) in [6.45, 7) is 6.73. The molecule has 1 heterocycles. The number of anilines is 1. The number of fused-ring (bicyclic) bond motifs is 4. The van der Waals surface area contributed by atoms with Crippen LogP contribution in [0.5, 0.6) is 0 Å². The quantitative estimate of drug-likeness (QED) is 0.518. The number of nitrogens with zero attached hydrogens (tertiary/aromatic N) is 1. The van der Waals surface area contributed by atoms with Crippen LogP contribution in [0.15, 0.2) is 47.1 Å². The monoisotopic (exact) mass is 468 g/mol. The third-order valence-corrected chi connectivity index (χ3v) is 10.4. The van der Waals surface area contributed by atoms with Crippen molar-refractivity contribution in [2.45, 2.75) is 89.5 Å². The fraction of sp³-hybridized carbons (Fsp3) is 0.594. The van der Waals surface area contributed by atoms with Crippen molar-refractivity contribution in [3.63, 3.8) is 0 Å². The van der Waals surface area contributed by atoms with E-state index in [0.29, 0.717) is 30.0 Å². The number of hydrogen-bond acceptors (Lipinski definition) is 3. The van der Waals surface area contributed by atoms with Crippen LogP contribution in [0.1, 0.15) is 89.5 Å². The smallest absolute Gasteiger partial charge is 0.156 e. The van der Waals surface area contributed by atoms with E-state index in [9.17, 15) is 4.79 Å². The summed E-state index contributed by atoms with van der Waals surface area (Å²) in [5, 5.41) is 0. The van der Waals surface area contributed by atoms with E-state index in [4.69, 9.17) is 5.73 Å². The van der Waals surface area contributed by atoms with Gasteiger partial charge in [0, 0.05) is 36.5 Å². The van der Waals surface area contributed by atoms with Gasteiger partial charge in [-0.3, -0.25) is 4.79 Å². The van der Waals surface area contributed by atoms with Gasteiger partial charge in [-0.05, 0) is 111 Å². The van der Waals surface area contributed by atoms with E-state index < -0.39 is 5.54 Å². The molecule has 2 N–H and O–H groups in total. The minimum absolute atomic E-state index is 0.00660. The van der Waals surface area contributed by atoms with E-state index >= 15 is 0 Å². The summed E-state index contributed by atoms with van der Waals surface area (Å²) >= 11 is 0. The van der Waals surface area contributed by atoms with Crippen molar-refractivity contribution in [2.75, 3.05) is 18.0 Å².